The lowest BCUT2D eigenvalue weighted by Gasteiger charge is -2.21. The molecule has 106 valence electrons. The Hall–Kier alpha value is -1.95. The third kappa shape index (κ3) is 2.51. The summed E-state index contributed by atoms with van der Waals surface area (Å²) in [7, 11) is 1.87. The largest absolute Gasteiger partial charge is 0.394 e. The Bertz CT molecular complexity index is 595. The summed E-state index contributed by atoms with van der Waals surface area (Å²) < 4.78 is 1.73. The van der Waals surface area contributed by atoms with Crippen LogP contribution in [0.4, 0.5) is 5.82 Å². The van der Waals surface area contributed by atoms with Gasteiger partial charge in [-0.05, 0) is 25.7 Å². The zero-order valence-corrected chi connectivity index (χ0v) is 11.6. The van der Waals surface area contributed by atoms with Crippen LogP contribution in [0.1, 0.15) is 35.7 Å². The van der Waals surface area contributed by atoms with E-state index in [9.17, 15) is 5.11 Å². The van der Waals surface area contributed by atoms with Gasteiger partial charge < -0.3 is 10.4 Å². The summed E-state index contributed by atoms with van der Waals surface area (Å²) in [6, 6.07) is -0.190. The number of aliphatic hydroxyl groups is 1. The number of aryl methyl sites for hydroxylation is 2. The molecule has 0 spiro atoms. The van der Waals surface area contributed by atoms with Crippen LogP contribution in [0.5, 0.6) is 0 Å². The fourth-order valence-electron chi connectivity index (χ4n) is 2.67. The van der Waals surface area contributed by atoms with Crippen molar-refractivity contribution in [3.8, 4) is 0 Å². The maximum atomic E-state index is 9.61. The molecule has 0 bridgehead atoms. The zero-order valence-electron chi connectivity index (χ0n) is 11.6. The monoisotopic (exact) mass is 273 g/mol. The highest BCUT2D eigenvalue weighted by molar-refractivity contribution is 5.48. The fraction of sp³-hybridized carbons (Fsp3) is 0.500. The number of fused-ring (bicyclic) bond motifs is 1. The van der Waals surface area contributed by atoms with Crippen LogP contribution in [-0.2, 0) is 19.9 Å². The van der Waals surface area contributed by atoms with Crippen molar-refractivity contribution in [3.63, 3.8) is 0 Å². The highest BCUT2D eigenvalue weighted by Crippen LogP contribution is 2.27. The van der Waals surface area contributed by atoms with Crippen molar-refractivity contribution in [2.45, 2.75) is 31.7 Å². The molecule has 1 aliphatic carbocycles. The smallest absolute Gasteiger partial charge is 0.133 e. The molecule has 3 rings (SSSR count). The molecule has 2 aromatic heterocycles. The number of hydrogen-bond acceptors (Lipinski definition) is 5. The van der Waals surface area contributed by atoms with E-state index in [1.165, 1.54) is 18.4 Å². The quantitative estimate of drug-likeness (QED) is 0.876. The average molecular weight is 273 g/mol. The van der Waals surface area contributed by atoms with E-state index in [0.29, 0.717) is 0 Å². The molecule has 6 heteroatoms. The lowest BCUT2D eigenvalue weighted by Crippen LogP contribution is -2.18. The first-order chi connectivity index (χ1) is 9.78. The Morgan fingerprint density at radius 1 is 1.35 bits per heavy atom. The third-order valence-corrected chi connectivity index (χ3v) is 3.75. The molecular formula is C14H19N5O. The van der Waals surface area contributed by atoms with Crippen molar-refractivity contribution < 1.29 is 5.11 Å². The van der Waals surface area contributed by atoms with Crippen molar-refractivity contribution in [3.05, 3.63) is 35.5 Å². The highest BCUT2D eigenvalue weighted by atomic mass is 16.3. The van der Waals surface area contributed by atoms with Crippen molar-refractivity contribution in [2.75, 3.05) is 11.9 Å². The number of aliphatic hydroxyl groups excluding tert-OH is 1. The Labute approximate surface area is 117 Å². The number of rotatable bonds is 4. The van der Waals surface area contributed by atoms with Gasteiger partial charge in [0.25, 0.3) is 0 Å². The van der Waals surface area contributed by atoms with Crippen molar-refractivity contribution in [2.24, 2.45) is 7.05 Å². The summed E-state index contributed by atoms with van der Waals surface area (Å²) in [6.45, 7) is 0.00443. The van der Waals surface area contributed by atoms with E-state index in [0.717, 1.165) is 29.9 Å². The maximum absolute atomic E-state index is 9.61. The van der Waals surface area contributed by atoms with E-state index in [1.54, 1.807) is 17.2 Å². The zero-order chi connectivity index (χ0) is 13.9. The summed E-state index contributed by atoms with van der Waals surface area (Å²) in [6.07, 6.45) is 9.65. The molecule has 2 N–H and O–H groups in total. The van der Waals surface area contributed by atoms with Gasteiger partial charge in [-0.3, -0.25) is 4.68 Å². The van der Waals surface area contributed by atoms with Gasteiger partial charge in [0.05, 0.1) is 18.8 Å². The molecule has 0 aromatic carbocycles. The molecule has 20 heavy (non-hydrogen) atoms. The van der Waals surface area contributed by atoms with Gasteiger partial charge in [0.2, 0.25) is 0 Å². The fourth-order valence-corrected chi connectivity index (χ4v) is 2.67. The molecule has 0 saturated carbocycles. The van der Waals surface area contributed by atoms with Gasteiger partial charge in [0.1, 0.15) is 12.1 Å². The van der Waals surface area contributed by atoms with Crippen LogP contribution in [0.15, 0.2) is 18.7 Å². The second kappa shape index (κ2) is 5.58. The van der Waals surface area contributed by atoms with Crippen LogP contribution in [-0.4, -0.2) is 31.5 Å². The lowest BCUT2D eigenvalue weighted by atomic mass is 9.96. The molecule has 0 fully saturated rings. The Morgan fingerprint density at radius 3 is 2.95 bits per heavy atom. The second-order valence-electron chi connectivity index (χ2n) is 5.18. The Balaban J connectivity index is 1.86. The minimum Gasteiger partial charge on any atom is -0.394 e. The molecular weight excluding hydrogens is 254 g/mol. The standard InChI is InChI=1S/C14H19N5O/c1-19-7-10(6-17-19)13(8-20)18-14-11-4-2-3-5-12(11)15-9-16-14/h6-7,9,13,20H,2-5,8H2,1H3,(H,15,16,18). The van der Waals surface area contributed by atoms with Gasteiger partial charge in [0.15, 0.2) is 0 Å². The highest BCUT2D eigenvalue weighted by Gasteiger charge is 2.19. The Morgan fingerprint density at radius 2 is 2.20 bits per heavy atom. The lowest BCUT2D eigenvalue weighted by molar-refractivity contribution is 0.276. The van der Waals surface area contributed by atoms with E-state index in [-0.39, 0.29) is 12.6 Å². The van der Waals surface area contributed by atoms with Crippen LogP contribution in [0.3, 0.4) is 0 Å². The first-order valence-electron chi connectivity index (χ1n) is 6.96. The molecule has 0 saturated heterocycles. The van der Waals surface area contributed by atoms with E-state index >= 15 is 0 Å². The molecule has 1 atom stereocenters. The van der Waals surface area contributed by atoms with Crippen LogP contribution < -0.4 is 5.32 Å². The summed E-state index contributed by atoms with van der Waals surface area (Å²) in [4.78, 5) is 8.71. The molecule has 2 aromatic rings. The van der Waals surface area contributed by atoms with E-state index < -0.39 is 0 Å². The molecule has 0 aliphatic heterocycles. The molecule has 1 unspecified atom stereocenters. The number of nitrogens with one attached hydrogen (secondary N) is 1. The maximum Gasteiger partial charge on any atom is 0.133 e. The van der Waals surface area contributed by atoms with Crippen LogP contribution in [0.25, 0.3) is 0 Å². The number of aromatic nitrogens is 4. The van der Waals surface area contributed by atoms with Crippen LogP contribution in [0, 0.1) is 0 Å². The number of hydrogen-bond donors (Lipinski definition) is 2. The van der Waals surface area contributed by atoms with Gasteiger partial charge in [-0.1, -0.05) is 0 Å². The summed E-state index contributed by atoms with van der Waals surface area (Å²) in [5, 5.41) is 17.1. The molecule has 0 radical (unpaired) electrons. The molecule has 1 aliphatic rings. The van der Waals surface area contributed by atoms with Gasteiger partial charge in [-0.25, -0.2) is 9.97 Å². The van der Waals surface area contributed by atoms with E-state index in [2.05, 4.69) is 20.4 Å². The van der Waals surface area contributed by atoms with Crippen molar-refractivity contribution >= 4 is 5.82 Å². The minimum atomic E-state index is -0.190. The number of nitrogens with zero attached hydrogens (tertiary/aromatic N) is 4. The predicted octanol–water partition coefficient (Wildman–Crippen LogP) is 1.23. The predicted molar refractivity (Wildman–Crippen MR) is 75.3 cm³/mol. The molecule has 0 amide bonds. The van der Waals surface area contributed by atoms with Gasteiger partial charge in [-0.15, -0.1) is 0 Å². The van der Waals surface area contributed by atoms with Crippen LogP contribution >= 0.6 is 0 Å². The normalized spacial score (nSPS) is 15.7. The van der Waals surface area contributed by atoms with E-state index in [1.807, 2.05) is 13.2 Å². The van der Waals surface area contributed by atoms with E-state index in [4.69, 9.17) is 0 Å². The minimum absolute atomic E-state index is 0.00443. The van der Waals surface area contributed by atoms with Gasteiger partial charge >= 0.3 is 0 Å². The van der Waals surface area contributed by atoms with Crippen molar-refractivity contribution in [1.82, 2.24) is 19.7 Å². The average Bonchev–Trinajstić information content (AvgIpc) is 2.91. The summed E-state index contributed by atoms with van der Waals surface area (Å²) in [5.74, 6) is 0.845. The molecule has 2 heterocycles. The summed E-state index contributed by atoms with van der Waals surface area (Å²) >= 11 is 0. The topological polar surface area (TPSA) is 75.9 Å². The van der Waals surface area contributed by atoms with Crippen LogP contribution in [0.2, 0.25) is 0 Å². The molecule has 6 nitrogen and oxygen atoms in total. The Kier molecular flexibility index (Phi) is 3.64. The third-order valence-electron chi connectivity index (χ3n) is 3.75. The van der Waals surface area contributed by atoms with Gasteiger partial charge in [-0.2, -0.15) is 5.10 Å². The SMILES string of the molecule is Cn1cc(C(CO)Nc2ncnc3c2CCCC3)cn1. The van der Waals surface area contributed by atoms with Gasteiger partial charge in [0, 0.05) is 30.1 Å². The summed E-state index contributed by atoms with van der Waals surface area (Å²) in [5.41, 5.74) is 3.29. The second-order valence-corrected chi connectivity index (χ2v) is 5.18. The first kappa shape index (κ1) is 13.1. The number of anilines is 1. The van der Waals surface area contributed by atoms with Crippen molar-refractivity contribution in [1.29, 1.82) is 0 Å². The first-order valence-corrected chi connectivity index (χ1v) is 6.96.